The van der Waals surface area contributed by atoms with Gasteiger partial charge < -0.3 is 14.8 Å². The van der Waals surface area contributed by atoms with Crippen molar-refractivity contribution in [2.75, 3.05) is 18.5 Å². The third-order valence-electron chi connectivity index (χ3n) is 2.31. The Morgan fingerprint density at radius 1 is 1.45 bits per heavy atom. The Morgan fingerprint density at radius 3 is 2.90 bits per heavy atom. The fourth-order valence-corrected chi connectivity index (χ4v) is 1.40. The van der Waals surface area contributed by atoms with E-state index in [1.54, 1.807) is 19.1 Å². The first kappa shape index (κ1) is 15.6. The minimum atomic E-state index is -0.638. The van der Waals surface area contributed by atoms with Crippen LogP contribution in [0.1, 0.15) is 20.3 Å². The molecular weight excluding hydrogens is 256 g/mol. The molecule has 0 unspecified atom stereocenters. The van der Waals surface area contributed by atoms with Crippen molar-refractivity contribution in [3.8, 4) is 11.8 Å². The molecule has 0 radical (unpaired) electrons. The van der Waals surface area contributed by atoms with E-state index in [0.717, 1.165) is 17.9 Å². The molecule has 5 heteroatoms. The number of nitriles is 1. The highest BCUT2D eigenvalue weighted by molar-refractivity contribution is 5.93. The quantitative estimate of drug-likeness (QED) is 0.470. The lowest BCUT2D eigenvalue weighted by atomic mass is 10.3. The van der Waals surface area contributed by atoms with Crippen molar-refractivity contribution in [3.63, 3.8) is 0 Å². The Labute approximate surface area is 118 Å². The molecule has 0 saturated heterocycles. The zero-order valence-electron chi connectivity index (χ0n) is 11.7. The molecule has 0 atom stereocenters. The lowest BCUT2D eigenvalue weighted by Gasteiger charge is -2.07. The van der Waals surface area contributed by atoms with Crippen LogP contribution in [0.3, 0.4) is 0 Å². The van der Waals surface area contributed by atoms with E-state index in [1.807, 2.05) is 25.1 Å². The summed E-state index contributed by atoms with van der Waals surface area (Å²) < 4.78 is 10.3. The zero-order valence-corrected chi connectivity index (χ0v) is 11.7. The van der Waals surface area contributed by atoms with Gasteiger partial charge in [0.05, 0.1) is 13.2 Å². The van der Waals surface area contributed by atoms with E-state index < -0.39 is 5.97 Å². The molecule has 0 heterocycles. The van der Waals surface area contributed by atoms with Gasteiger partial charge in [-0.05, 0) is 25.5 Å². The Hall–Kier alpha value is -2.48. The lowest BCUT2D eigenvalue weighted by molar-refractivity contribution is -0.138. The molecule has 0 spiro atoms. The molecule has 0 aliphatic rings. The normalized spacial score (nSPS) is 10.6. The number of carbonyl (C=O) groups is 1. The lowest BCUT2D eigenvalue weighted by Crippen LogP contribution is -2.07. The van der Waals surface area contributed by atoms with E-state index in [-0.39, 0.29) is 12.2 Å². The fourth-order valence-electron chi connectivity index (χ4n) is 1.40. The molecule has 1 aromatic rings. The van der Waals surface area contributed by atoms with Crippen LogP contribution >= 0.6 is 0 Å². The van der Waals surface area contributed by atoms with Crippen molar-refractivity contribution < 1.29 is 14.3 Å². The Balaban J connectivity index is 2.72. The maximum absolute atomic E-state index is 11.4. The van der Waals surface area contributed by atoms with E-state index in [4.69, 9.17) is 14.7 Å². The largest absolute Gasteiger partial charge is 0.494 e. The molecule has 1 rings (SSSR count). The summed E-state index contributed by atoms with van der Waals surface area (Å²) in [6, 6.07) is 9.09. The van der Waals surface area contributed by atoms with Gasteiger partial charge in [0.25, 0.3) is 0 Å². The molecule has 1 N–H and O–H groups in total. The van der Waals surface area contributed by atoms with Crippen LogP contribution in [-0.4, -0.2) is 19.2 Å². The van der Waals surface area contributed by atoms with E-state index in [9.17, 15) is 4.79 Å². The maximum Gasteiger partial charge on any atom is 0.350 e. The molecular formula is C15H18N2O3. The average molecular weight is 274 g/mol. The molecule has 0 fully saturated rings. The molecule has 106 valence electrons. The summed E-state index contributed by atoms with van der Waals surface area (Å²) >= 11 is 0. The summed E-state index contributed by atoms with van der Waals surface area (Å²) in [6.45, 7) is 4.60. The summed E-state index contributed by atoms with van der Waals surface area (Å²) in [5.41, 5.74) is 0.655. The first-order valence-electron chi connectivity index (χ1n) is 6.48. The van der Waals surface area contributed by atoms with E-state index in [0.29, 0.717) is 6.61 Å². The van der Waals surface area contributed by atoms with Gasteiger partial charge >= 0.3 is 5.97 Å². The van der Waals surface area contributed by atoms with Crippen LogP contribution in [0.2, 0.25) is 0 Å². The molecule has 5 nitrogen and oxygen atoms in total. The standard InChI is InChI=1S/C15H18N2O3/c1-3-8-20-14-7-5-6-13(9-14)17-11-12(10-16)15(18)19-4-2/h5-7,9,11,17H,3-4,8H2,1-2H3/b12-11+. The van der Waals surface area contributed by atoms with Crippen molar-refractivity contribution in [1.29, 1.82) is 5.26 Å². The Kier molecular flexibility index (Phi) is 6.69. The molecule has 0 aliphatic heterocycles. The fraction of sp³-hybridized carbons (Fsp3) is 0.333. The second-order valence-corrected chi connectivity index (χ2v) is 3.91. The second kappa shape index (κ2) is 8.59. The van der Waals surface area contributed by atoms with Gasteiger partial charge in [0, 0.05) is 18.0 Å². The number of ether oxygens (including phenoxy) is 2. The van der Waals surface area contributed by atoms with Crippen LogP contribution in [0.5, 0.6) is 5.75 Å². The molecule has 20 heavy (non-hydrogen) atoms. The predicted molar refractivity (Wildman–Crippen MR) is 76.2 cm³/mol. The molecule has 0 aliphatic carbocycles. The molecule has 0 saturated carbocycles. The number of nitrogens with one attached hydrogen (secondary N) is 1. The smallest absolute Gasteiger partial charge is 0.350 e. The van der Waals surface area contributed by atoms with Gasteiger partial charge in [-0.25, -0.2) is 4.79 Å². The summed E-state index contributed by atoms with van der Waals surface area (Å²) in [7, 11) is 0. The van der Waals surface area contributed by atoms with Crippen LogP contribution in [0.25, 0.3) is 0 Å². The van der Waals surface area contributed by atoms with Crippen molar-refractivity contribution in [2.24, 2.45) is 0 Å². The third kappa shape index (κ3) is 5.02. The van der Waals surface area contributed by atoms with Crippen LogP contribution in [-0.2, 0) is 9.53 Å². The number of carbonyl (C=O) groups excluding carboxylic acids is 1. The molecule has 0 amide bonds. The highest BCUT2D eigenvalue weighted by Crippen LogP contribution is 2.17. The van der Waals surface area contributed by atoms with E-state index >= 15 is 0 Å². The van der Waals surface area contributed by atoms with Gasteiger partial charge in [0.2, 0.25) is 0 Å². The monoisotopic (exact) mass is 274 g/mol. The topological polar surface area (TPSA) is 71.3 Å². The van der Waals surface area contributed by atoms with E-state index in [2.05, 4.69) is 5.32 Å². The number of hydrogen-bond donors (Lipinski definition) is 1. The number of rotatable bonds is 7. The average Bonchev–Trinajstić information content (AvgIpc) is 2.46. The van der Waals surface area contributed by atoms with Crippen LogP contribution in [0.4, 0.5) is 5.69 Å². The van der Waals surface area contributed by atoms with Crippen LogP contribution < -0.4 is 10.1 Å². The van der Waals surface area contributed by atoms with Crippen molar-refractivity contribution in [1.82, 2.24) is 0 Å². The molecule has 0 bridgehead atoms. The number of benzene rings is 1. The van der Waals surface area contributed by atoms with Crippen molar-refractivity contribution >= 4 is 11.7 Å². The van der Waals surface area contributed by atoms with Gasteiger partial charge in [0.1, 0.15) is 11.8 Å². The number of hydrogen-bond acceptors (Lipinski definition) is 5. The maximum atomic E-state index is 11.4. The van der Waals surface area contributed by atoms with Crippen molar-refractivity contribution in [3.05, 3.63) is 36.0 Å². The number of anilines is 1. The first-order valence-corrected chi connectivity index (χ1v) is 6.48. The predicted octanol–water partition coefficient (Wildman–Crippen LogP) is 2.86. The SMILES string of the molecule is CCCOc1cccc(N/C=C(\C#N)C(=O)OCC)c1. The van der Waals surface area contributed by atoms with Gasteiger partial charge in [-0.3, -0.25) is 0 Å². The first-order chi connectivity index (χ1) is 9.71. The van der Waals surface area contributed by atoms with Gasteiger partial charge in [-0.1, -0.05) is 13.0 Å². The molecule has 1 aromatic carbocycles. The third-order valence-corrected chi connectivity index (χ3v) is 2.31. The van der Waals surface area contributed by atoms with Crippen LogP contribution in [0, 0.1) is 11.3 Å². The summed E-state index contributed by atoms with van der Waals surface area (Å²) in [4.78, 5) is 11.4. The summed E-state index contributed by atoms with van der Waals surface area (Å²) in [6.07, 6.45) is 2.26. The Morgan fingerprint density at radius 2 is 2.25 bits per heavy atom. The van der Waals surface area contributed by atoms with Crippen molar-refractivity contribution in [2.45, 2.75) is 20.3 Å². The minimum absolute atomic E-state index is 0.0771. The van der Waals surface area contributed by atoms with Gasteiger partial charge in [-0.15, -0.1) is 0 Å². The van der Waals surface area contributed by atoms with Crippen LogP contribution in [0.15, 0.2) is 36.0 Å². The number of esters is 1. The molecule has 0 aromatic heterocycles. The van der Waals surface area contributed by atoms with Gasteiger partial charge in [-0.2, -0.15) is 5.26 Å². The summed E-state index contributed by atoms with van der Waals surface area (Å²) in [5.74, 6) is 0.0979. The highest BCUT2D eigenvalue weighted by atomic mass is 16.5. The minimum Gasteiger partial charge on any atom is -0.494 e. The second-order valence-electron chi connectivity index (χ2n) is 3.91. The van der Waals surface area contributed by atoms with Gasteiger partial charge in [0.15, 0.2) is 5.57 Å². The highest BCUT2D eigenvalue weighted by Gasteiger charge is 2.09. The number of nitrogens with zero attached hydrogens (tertiary/aromatic N) is 1. The Bertz CT molecular complexity index is 518. The zero-order chi connectivity index (χ0) is 14.8. The van der Waals surface area contributed by atoms with E-state index in [1.165, 1.54) is 6.20 Å². The summed E-state index contributed by atoms with van der Waals surface area (Å²) in [5, 5.41) is 11.8.